The molecular formula is H8IOPSi. The average molecular weight is 210 g/mol. The van der Waals surface area contributed by atoms with Crippen LogP contribution in [0.5, 0.6) is 0 Å². The molecule has 0 saturated heterocycles. The van der Waals surface area contributed by atoms with Crippen LogP contribution < -0.4 is 0 Å². The zero-order chi connectivity index (χ0) is 2.00. The molecule has 1 atom stereocenters. The highest BCUT2D eigenvalue weighted by atomic mass is 127. The van der Waals surface area contributed by atoms with Gasteiger partial charge in [0.15, 0.2) is 0 Å². The van der Waals surface area contributed by atoms with Crippen molar-refractivity contribution in [3.63, 3.8) is 0 Å². The van der Waals surface area contributed by atoms with Crippen LogP contribution in [0.25, 0.3) is 0 Å². The Hall–Kier alpha value is 1.34. The van der Waals surface area contributed by atoms with Gasteiger partial charge in [0, 0.05) is 0 Å². The normalized spacial score (nSPS) is 2.25. The Labute approximate surface area is 49.4 Å². The van der Waals surface area contributed by atoms with E-state index in [2.05, 4.69) is 0 Å². The Morgan fingerprint density at radius 1 is 1.25 bits per heavy atom. The number of hydrogen-bond donors (Lipinski definition) is 1. The molecule has 0 aliphatic rings. The molecule has 4 heavy (non-hydrogen) atoms. The molecule has 0 aliphatic carbocycles. The maximum atomic E-state index is 7.14. The molecule has 0 bridgehead atoms. The van der Waals surface area contributed by atoms with Crippen molar-refractivity contribution in [3.8, 4) is 0 Å². The second kappa shape index (κ2) is 27.0. The summed E-state index contributed by atoms with van der Waals surface area (Å²) < 4.78 is 0. The van der Waals surface area contributed by atoms with Crippen molar-refractivity contribution in [1.29, 1.82) is 0 Å². The van der Waals surface area contributed by atoms with E-state index < -0.39 is 0 Å². The Bertz CT molecular complexity index is 8.00. The first-order valence-electron chi connectivity index (χ1n) is 0.447. The van der Waals surface area contributed by atoms with Gasteiger partial charge in [-0.05, 0) is 0 Å². The molecule has 0 amide bonds. The van der Waals surface area contributed by atoms with Crippen LogP contribution in [0.3, 0.4) is 0 Å². The monoisotopic (exact) mass is 210 g/mol. The van der Waals surface area contributed by atoms with E-state index in [9.17, 15) is 0 Å². The van der Waals surface area contributed by atoms with Crippen LogP contribution in [0, 0.1) is 0 Å². The van der Waals surface area contributed by atoms with Crippen LogP contribution in [-0.2, 0) is 0 Å². The van der Waals surface area contributed by atoms with Gasteiger partial charge in [0.1, 0.15) is 10.5 Å². The van der Waals surface area contributed by atoms with Gasteiger partial charge in [-0.2, -0.15) is 9.90 Å². The first kappa shape index (κ1) is 18.4. The molecular weight excluding hydrogens is 202 g/mol. The lowest BCUT2D eigenvalue weighted by Crippen LogP contribution is -1.34. The molecule has 0 rings (SSSR count). The molecule has 0 aromatic heterocycles. The molecule has 0 heterocycles. The summed E-state index contributed by atoms with van der Waals surface area (Å²) in [5.74, 6) is 0. The van der Waals surface area contributed by atoms with Gasteiger partial charge in [-0.1, -0.05) is 0 Å². The lowest BCUT2D eigenvalue weighted by Gasteiger charge is -1.19. The number of halogens is 1. The van der Waals surface area contributed by atoms with E-state index in [-0.39, 0.29) is 33.9 Å². The van der Waals surface area contributed by atoms with E-state index in [0.29, 0.717) is 10.5 Å². The van der Waals surface area contributed by atoms with Crippen molar-refractivity contribution in [3.05, 3.63) is 0 Å². The van der Waals surface area contributed by atoms with Gasteiger partial charge < -0.3 is 4.80 Å². The fraction of sp³-hybridized carbons (Fsp3) is 0. The van der Waals surface area contributed by atoms with Gasteiger partial charge in [-0.3, -0.25) is 0 Å². The van der Waals surface area contributed by atoms with Crippen LogP contribution in [0.2, 0.25) is 0 Å². The fourth-order valence-corrected chi connectivity index (χ4v) is 0. The van der Waals surface area contributed by atoms with E-state index >= 15 is 0 Å². The standard InChI is InChI=1S/HI.H4OSi.H3P/c;1-2;/h1H;1H,2H3;1H3. The van der Waals surface area contributed by atoms with Crippen LogP contribution in [0.4, 0.5) is 0 Å². The second-order valence-corrected chi connectivity index (χ2v) is 0. The molecule has 1 unspecified atom stereocenters. The summed E-state index contributed by atoms with van der Waals surface area (Å²) in [5, 5.41) is 0. The van der Waals surface area contributed by atoms with Crippen molar-refractivity contribution in [2.45, 2.75) is 0 Å². The third kappa shape index (κ3) is 10.2. The zero-order valence-corrected chi connectivity index (χ0v) is 8.31. The quantitative estimate of drug-likeness (QED) is 0.307. The molecule has 0 radical (unpaired) electrons. The highest BCUT2D eigenvalue weighted by Crippen LogP contribution is 0.886. The highest BCUT2D eigenvalue weighted by molar-refractivity contribution is 14.0. The minimum Gasteiger partial charge on any atom is -0.442 e. The first-order chi connectivity index (χ1) is 1.00. The molecule has 0 fully saturated rings. The molecule has 4 heteroatoms. The van der Waals surface area contributed by atoms with E-state index in [1.807, 2.05) is 0 Å². The van der Waals surface area contributed by atoms with Crippen LogP contribution >= 0.6 is 33.9 Å². The first-order valence-corrected chi connectivity index (χ1v) is 1.34. The number of rotatable bonds is 0. The smallest absolute Gasteiger partial charge is 0.141 e. The van der Waals surface area contributed by atoms with Crippen molar-refractivity contribution < 1.29 is 4.80 Å². The zero-order valence-electron chi connectivity index (χ0n) is 2.56. The van der Waals surface area contributed by atoms with Crippen LogP contribution in [-0.4, -0.2) is 15.3 Å². The second-order valence-electron chi connectivity index (χ2n) is 0. The Morgan fingerprint density at radius 2 is 1.25 bits per heavy atom. The third-order valence-electron chi connectivity index (χ3n) is 0. The van der Waals surface area contributed by atoms with Crippen molar-refractivity contribution in [2.24, 2.45) is 0 Å². The largest absolute Gasteiger partial charge is 0.442 e. The van der Waals surface area contributed by atoms with E-state index in [1.54, 1.807) is 0 Å². The lowest BCUT2D eigenvalue weighted by molar-refractivity contribution is 0.629. The van der Waals surface area contributed by atoms with Crippen molar-refractivity contribution >= 4 is 44.4 Å². The summed E-state index contributed by atoms with van der Waals surface area (Å²) >= 11 is 0. The molecule has 0 spiro atoms. The van der Waals surface area contributed by atoms with Gasteiger partial charge in [0.2, 0.25) is 0 Å². The van der Waals surface area contributed by atoms with Gasteiger partial charge in [-0.25, -0.2) is 0 Å². The molecule has 1 N–H and O–H groups in total. The predicted octanol–water partition coefficient (Wildman–Crippen LogP) is -1.06. The van der Waals surface area contributed by atoms with Crippen LogP contribution in [0.15, 0.2) is 0 Å². The van der Waals surface area contributed by atoms with E-state index in [4.69, 9.17) is 4.80 Å². The topological polar surface area (TPSA) is 20.2 Å². The minimum atomic E-state index is 0. The van der Waals surface area contributed by atoms with Gasteiger partial charge in [0.05, 0.1) is 0 Å². The fourth-order valence-electron chi connectivity index (χ4n) is 0. The SMILES string of the molecule is I.O[SiH3].P. The van der Waals surface area contributed by atoms with Crippen molar-refractivity contribution in [2.75, 3.05) is 0 Å². The molecule has 0 aromatic rings. The maximum Gasteiger partial charge on any atom is 0.141 e. The summed E-state index contributed by atoms with van der Waals surface area (Å²) in [7, 11) is 0.306. The molecule has 1 nitrogen and oxygen atoms in total. The summed E-state index contributed by atoms with van der Waals surface area (Å²) in [6, 6.07) is 0. The Morgan fingerprint density at radius 3 is 1.25 bits per heavy atom. The molecule has 0 saturated carbocycles. The highest BCUT2D eigenvalue weighted by Gasteiger charge is 0.891. The third-order valence-corrected chi connectivity index (χ3v) is 0. The average Bonchev–Trinajstić information content (AvgIpc) is 1.00. The summed E-state index contributed by atoms with van der Waals surface area (Å²) in [4.78, 5) is 7.14. The minimum absolute atomic E-state index is 0. The molecule has 30 valence electrons. The summed E-state index contributed by atoms with van der Waals surface area (Å²) in [5.41, 5.74) is 0. The van der Waals surface area contributed by atoms with Crippen LogP contribution in [0.1, 0.15) is 0 Å². The summed E-state index contributed by atoms with van der Waals surface area (Å²) in [6.07, 6.45) is 0. The van der Waals surface area contributed by atoms with Crippen molar-refractivity contribution in [1.82, 2.24) is 0 Å². The Kier molecular flexibility index (Phi) is 124. The summed E-state index contributed by atoms with van der Waals surface area (Å²) in [6.45, 7) is 0. The van der Waals surface area contributed by atoms with Gasteiger partial charge >= 0.3 is 0 Å². The molecule has 0 aromatic carbocycles. The Balaban J connectivity index is -0.00000000500. The predicted molar refractivity (Wildman–Crippen MR) is 38.7 cm³/mol. The maximum absolute atomic E-state index is 7.14. The van der Waals surface area contributed by atoms with Gasteiger partial charge in [-0.15, -0.1) is 24.0 Å². The van der Waals surface area contributed by atoms with E-state index in [1.165, 1.54) is 0 Å². The number of hydrogen-bond acceptors (Lipinski definition) is 1. The lowest BCUT2D eigenvalue weighted by atomic mass is 15.9. The molecule has 0 aliphatic heterocycles. The van der Waals surface area contributed by atoms with Gasteiger partial charge in [0.25, 0.3) is 0 Å². The van der Waals surface area contributed by atoms with E-state index in [0.717, 1.165) is 0 Å².